The molecule has 1 amide bonds. The van der Waals surface area contributed by atoms with Crippen LogP contribution in [0.1, 0.15) is 59.8 Å². The fourth-order valence-electron chi connectivity index (χ4n) is 2.47. The molecule has 1 aliphatic rings. The van der Waals surface area contributed by atoms with Crippen LogP contribution in [0.15, 0.2) is 0 Å². The number of hydrogen-bond donors (Lipinski definition) is 1. The summed E-state index contributed by atoms with van der Waals surface area (Å²) in [6.45, 7) is 9.82. The number of ether oxygens (including phenoxy) is 1. The second kappa shape index (κ2) is 6.60. The molecule has 0 aromatic heterocycles. The molecule has 1 fully saturated rings. The number of likely N-dealkylation sites (tertiary alicyclic amines) is 1. The summed E-state index contributed by atoms with van der Waals surface area (Å²) in [6, 6.07) is 0. The molecule has 0 aromatic carbocycles. The Kier molecular flexibility index (Phi) is 5.65. The van der Waals surface area contributed by atoms with Crippen LogP contribution in [0.25, 0.3) is 0 Å². The van der Waals surface area contributed by atoms with Gasteiger partial charge in [-0.15, -0.1) is 0 Å². The molecule has 1 heterocycles. The maximum atomic E-state index is 12.0. The van der Waals surface area contributed by atoms with Gasteiger partial charge in [0.1, 0.15) is 5.60 Å². The van der Waals surface area contributed by atoms with E-state index in [4.69, 9.17) is 9.84 Å². The highest BCUT2D eigenvalue weighted by atomic mass is 16.6. The fourth-order valence-corrected chi connectivity index (χ4v) is 2.47. The monoisotopic (exact) mass is 271 g/mol. The number of aliphatic hydroxyl groups excluding tert-OH is 1. The fraction of sp³-hybridized carbons (Fsp3) is 0.933. The lowest BCUT2D eigenvalue weighted by atomic mass is 9.76. The minimum atomic E-state index is -0.418. The highest BCUT2D eigenvalue weighted by Crippen LogP contribution is 2.36. The van der Waals surface area contributed by atoms with Gasteiger partial charge in [0.25, 0.3) is 0 Å². The van der Waals surface area contributed by atoms with Gasteiger partial charge in [-0.2, -0.15) is 0 Å². The van der Waals surface area contributed by atoms with E-state index in [1.807, 2.05) is 25.7 Å². The van der Waals surface area contributed by atoms with Crippen molar-refractivity contribution in [2.24, 2.45) is 5.41 Å². The Morgan fingerprint density at radius 2 is 1.84 bits per heavy atom. The van der Waals surface area contributed by atoms with Crippen molar-refractivity contribution in [3.63, 3.8) is 0 Å². The van der Waals surface area contributed by atoms with Crippen LogP contribution in [0.5, 0.6) is 0 Å². The van der Waals surface area contributed by atoms with E-state index in [1.54, 1.807) is 0 Å². The third-order valence-corrected chi connectivity index (χ3v) is 3.81. The first-order chi connectivity index (χ1) is 8.76. The zero-order valence-corrected chi connectivity index (χ0v) is 12.9. The van der Waals surface area contributed by atoms with E-state index in [-0.39, 0.29) is 12.7 Å². The van der Waals surface area contributed by atoms with Gasteiger partial charge in [-0.1, -0.05) is 13.3 Å². The lowest BCUT2D eigenvalue weighted by Gasteiger charge is -2.39. The normalized spacial score (nSPS) is 19.3. The third-order valence-electron chi connectivity index (χ3n) is 3.81. The zero-order valence-electron chi connectivity index (χ0n) is 12.9. The number of carbonyl (C=O) groups excluding carboxylic acids is 1. The second-order valence-corrected chi connectivity index (χ2v) is 6.96. The maximum Gasteiger partial charge on any atom is 0.410 e. The van der Waals surface area contributed by atoms with Crippen LogP contribution in [0, 0.1) is 5.41 Å². The van der Waals surface area contributed by atoms with Crippen molar-refractivity contribution < 1.29 is 14.6 Å². The molecule has 1 rings (SSSR count). The number of aliphatic hydroxyl groups is 1. The predicted molar refractivity (Wildman–Crippen MR) is 76.1 cm³/mol. The van der Waals surface area contributed by atoms with E-state index in [9.17, 15) is 4.79 Å². The van der Waals surface area contributed by atoms with Crippen LogP contribution >= 0.6 is 0 Å². The molecule has 4 heteroatoms. The van der Waals surface area contributed by atoms with Crippen molar-refractivity contribution in [1.29, 1.82) is 0 Å². The molecular formula is C15H29NO3. The van der Waals surface area contributed by atoms with Crippen LogP contribution < -0.4 is 0 Å². The Morgan fingerprint density at radius 1 is 1.26 bits per heavy atom. The van der Waals surface area contributed by atoms with E-state index in [1.165, 1.54) is 0 Å². The van der Waals surface area contributed by atoms with Crippen molar-refractivity contribution in [3.05, 3.63) is 0 Å². The van der Waals surface area contributed by atoms with Gasteiger partial charge in [-0.3, -0.25) is 0 Å². The summed E-state index contributed by atoms with van der Waals surface area (Å²) in [5, 5.41) is 8.83. The van der Waals surface area contributed by atoms with Gasteiger partial charge in [0, 0.05) is 19.7 Å². The van der Waals surface area contributed by atoms with E-state index in [2.05, 4.69) is 6.92 Å². The highest BCUT2D eigenvalue weighted by Gasteiger charge is 2.33. The molecule has 0 saturated carbocycles. The lowest BCUT2D eigenvalue weighted by molar-refractivity contribution is 0.0107. The minimum Gasteiger partial charge on any atom is -0.444 e. The largest absolute Gasteiger partial charge is 0.444 e. The van der Waals surface area contributed by atoms with E-state index >= 15 is 0 Å². The molecule has 1 N–H and O–H groups in total. The first kappa shape index (κ1) is 16.3. The van der Waals surface area contributed by atoms with E-state index in [0.717, 1.165) is 45.2 Å². The summed E-state index contributed by atoms with van der Waals surface area (Å²) in [5.74, 6) is 0. The topological polar surface area (TPSA) is 49.8 Å². The summed E-state index contributed by atoms with van der Waals surface area (Å²) in [6.07, 6.45) is 4.94. The van der Waals surface area contributed by atoms with E-state index < -0.39 is 5.60 Å². The molecule has 4 nitrogen and oxygen atoms in total. The number of piperidine rings is 1. The smallest absolute Gasteiger partial charge is 0.410 e. The number of carbonyl (C=O) groups is 1. The summed E-state index contributed by atoms with van der Waals surface area (Å²) < 4.78 is 5.40. The predicted octanol–water partition coefficient (Wildman–Crippen LogP) is 3.19. The van der Waals surface area contributed by atoms with Gasteiger partial charge in [-0.05, 0) is 51.9 Å². The quantitative estimate of drug-likeness (QED) is 0.799. The Hall–Kier alpha value is -0.770. The molecule has 1 saturated heterocycles. The second-order valence-electron chi connectivity index (χ2n) is 6.96. The number of unbranched alkanes of at least 4 members (excludes halogenated alkanes) is 1. The molecule has 19 heavy (non-hydrogen) atoms. The molecule has 0 unspecified atom stereocenters. The van der Waals surface area contributed by atoms with Crippen molar-refractivity contribution in [2.45, 2.75) is 65.4 Å². The van der Waals surface area contributed by atoms with E-state index in [0.29, 0.717) is 5.41 Å². The van der Waals surface area contributed by atoms with Gasteiger partial charge in [0.15, 0.2) is 0 Å². The Bertz CT molecular complexity index is 288. The number of nitrogens with zero attached hydrogens (tertiary/aromatic N) is 1. The molecule has 0 atom stereocenters. The molecule has 112 valence electrons. The molecule has 1 aliphatic heterocycles. The summed E-state index contributed by atoms with van der Waals surface area (Å²) >= 11 is 0. The lowest BCUT2D eigenvalue weighted by Crippen LogP contribution is -2.44. The van der Waals surface area contributed by atoms with Crippen LogP contribution in [0.4, 0.5) is 4.79 Å². The first-order valence-corrected chi connectivity index (χ1v) is 7.35. The maximum absolute atomic E-state index is 12.0. The van der Waals surface area contributed by atoms with Crippen molar-refractivity contribution >= 4 is 6.09 Å². The molecule has 0 spiro atoms. The standard InChI is InChI=1S/C15H29NO3/c1-14(2,3)19-13(18)16-10-8-15(4,9-11-16)7-5-6-12-17/h17H,5-12H2,1-4H3. The molecule has 0 aromatic rings. The van der Waals surface area contributed by atoms with Gasteiger partial charge in [0.05, 0.1) is 0 Å². The van der Waals surface area contributed by atoms with Crippen molar-refractivity contribution in [2.75, 3.05) is 19.7 Å². The highest BCUT2D eigenvalue weighted by molar-refractivity contribution is 5.68. The minimum absolute atomic E-state index is 0.190. The van der Waals surface area contributed by atoms with Crippen LogP contribution in [0.2, 0.25) is 0 Å². The summed E-state index contributed by atoms with van der Waals surface area (Å²) in [7, 11) is 0. The molecule has 0 radical (unpaired) electrons. The van der Waals surface area contributed by atoms with Gasteiger partial charge in [0.2, 0.25) is 0 Å². The number of rotatable bonds is 4. The first-order valence-electron chi connectivity index (χ1n) is 7.35. The van der Waals surface area contributed by atoms with Crippen LogP contribution in [-0.2, 0) is 4.74 Å². The third kappa shape index (κ3) is 5.81. The molecule has 0 aliphatic carbocycles. The van der Waals surface area contributed by atoms with Gasteiger partial charge >= 0.3 is 6.09 Å². The summed E-state index contributed by atoms with van der Waals surface area (Å²) in [4.78, 5) is 13.8. The zero-order chi connectivity index (χ0) is 14.5. The molecule has 0 bridgehead atoms. The Morgan fingerprint density at radius 3 is 2.32 bits per heavy atom. The summed E-state index contributed by atoms with van der Waals surface area (Å²) in [5.41, 5.74) is -0.105. The SMILES string of the molecule is CC1(CCCCO)CCN(C(=O)OC(C)(C)C)CC1. The van der Waals surface area contributed by atoms with Gasteiger partial charge < -0.3 is 14.7 Å². The van der Waals surface area contributed by atoms with Crippen LogP contribution in [-0.4, -0.2) is 41.4 Å². The average Bonchev–Trinajstić information content (AvgIpc) is 2.27. The van der Waals surface area contributed by atoms with Crippen molar-refractivity contribution in [1.82, 2.24) is 4.90 Å². The molecular weight excluding hydrogens is 242 g/mol. The van der Waals surface area contributed by atoms with Crippen LogP contribution in [0.3, 0.4) is 0 Å². The van der Waals surface area contributed by atoms with Crippen molar-refractivity contribution in [3.8, 4) is 0 Å². The average molecular weight is 271 g/mol. The Balaban J connectivity index is 2.37. The Labute approximate surface area is 117 Å². The number of amides is 1. The number of hydrogen-bond acceptors (Lipinski definition) is 3. The van der Waals surface area contributed by atoms with Gasteiger partial charge in [-0.25, -0.2) is 4.79 Å².